The molecule has 0 unspecified atom stereocenters. The Morgan fingerprint density at radius 3 is 2.29 bits per heavy atom. The first-order valence-corrected chi connectivity index (χ1v) is 20.6. The SMILES string of the molecule is C=C1[C@@H](CCCCl)C(=O)N[C@]1(C(=O)OCC[Si](C)(C)C)[C@@H](O[Si](C)(C)C(C)(C)C)C1CCCCC1. The second-order valence-corrected chi connectivity index (χ2v) is 24.1. The molecule has 1 heterocycles. The van der Waals surface area contributed by atoms with Gasteiger partial charge in [0.2, 0.25) is 5.91 Å². The molecule has 8 heteroatoms. The fraction of sp³-hybridized carbons (Fsp3) is 0.852. The third kappa shape index (κ3) is 7.23. The van der Waals surface area contributed by atoms with Crippen LogP contribution in [-0.2, 0) is 18.8 Å². The van der Waals surface area contributed by atoms with E-state index in [2.05, 4.69) is 65.4 Å². The molecule has 2 aliphatic rings. The van der Waals surface area contributed by atoms with Crippen LogP contribution < -0.4 is 5.32 Å². The van der Waals surface area contributed by atoms with Crippen LogP contribution in [0.1, 0.15) is 65.7 Å². The van der Waals surface area contributed by atoms with Gasteiger partial charge in [-0.3, -0.25) is 4.79 Å². The van der Waals surface area contributed by atoms with Crippen LogP contribution in [-0.4, -0.2) is 52.4 Å². The van der Waals surface area contributed by atoms with E-state index in [4.69, 9.17) is 20.8 Å². The lowest BCUT2D eigenvalue weighted by atomic mass is 9.72. The van der Waals surface area contributed by atoms with Crippen molar-refractivity contribution in [3.63, 3.8) is 0 Å². The Morgan fingerprint density at radius 2 is 1.77 bits per heavy atom. The average Bonchev–Trinajstić information content (AvgIpc) is 3.00. The van der Waals surface area contributed by atoms with E-state index in [1.807, 2.05) is 0 Å². The molecule has 5 nitrogen and oxygen atoms in total. The molecule has 1 N–H and O–H groups in total. The quantitative estimate of drug-likeness (QED) is 0.133. The van der Waals surface area contributed by atoms with Gasteiger partial charge < -0.3 is 14.5 Å². The number of esters is 1. The second kappa shape index (κ2) is 11.8. The lowest BCUT2D eigenvalue weighted by molar-refractivity contribution is -0.156. The molecule has 1 amide bonds. The van der Waals surface area contributed by atoms with E-state index in [9.17, 15) is 9.59 Å². The average molecular weight is 544 g/mol. The van der Waals surface area contributed by atoms with Crippen molar-refractivity contribution in [3.8, 4) is 0 Å². The summed E-state index contributed by atoms with van der Waals surface area (Å²) in [6.45, 7) is 22.6. The fourth-order valence-corrected chi connectivity index (χ4v) is 7.19. The van der Waals surface area contributed by atoms with E-state index in [0.29, 0.717) is 30.9 Å². The highest BCUT2D eigenvalue weighted by Crippen LogP contribution is 2.47. The molecule has 1 aliphatic carbocycles. The molecule has 2 rings (SSSR count). The monoisotopic (exact) mass is 543 g/mol. The summed E-state index contributed by atoms with van der Waals surface area (Å²) in [6.07, 6.45) is 6.19. The molecule has 2 fully saturated rings. The maximum absolute atomic E-state index is 14.1. The van der Waals surface area contributed by atoms with Crippen molar-refractivity contribution in [3.05, 3.63) is 12.2 Å². The van der Waals surface area contributed by atoms with Crippen LogP contribution in [0.3, 0.4) is 0 Å². The highest BCUT2D eigenvalue weighted by molar-refractivity contribution is 6.76. The summed E-state index contributed by atoms with van der Waals surface area (Å²) in [5.74, 6) is -0.352. The van der Waals surface area contributed by atoms with Gasteiger partial charge >= 0.3 is 5.97 Å². The minimum absolute atomic E-state index is 0.0369. The van der Waals surface area contributed by atoms with Crippen molar-refractivity contribution in [1.29, 1.82) is 0 Å². The molecule has 202 valence electrons. The standard InChI is InChI=1S/C27H50ClNO4Si2/c1-20-22(16-13-17-28)24(30)29-27(20,25(31)32-18-19-34(5,6)7)23(21-14-11-10-12-15-21)33-35(8,9)26(2,3)4/h21-23H,1,10-19H2,2-9H3,(H,29,30)/t22-,23+,27+/m1/s1. The molecule has 35 heavy (non-hydrogen) atoms. The molecule has 0 aromatic carbocycles. The van der Waals surface area contributed by atoms with E-state index < -0.39 is 39.9 Å². The number of ether oxygens (including phenoxy) is 1. The summed E-state index contributed by atoms with van der Waals surface area (Å²) in [5.41, 5.74) is -0.731. The van der Waals surface area contributed by atoms with Crippen LogP contribution in [0.25, 0.3) is 0 Å². The first-order chi connectivity index (χ1) is 16.1. The molecule has 0 aromatic heterocycles. The van der Waals surface area contributed by atoms with Gasteiger partial charge in [-0.1, -0.05) is 66.3 Å². The normalized spacial score (nSPS) is 25.5. The van der Waals surface area contributed by atoms with Gasteiger partial charge in [-0.15, -0.1) is 11.6 Å². The molecule has 0 aromatic rings. The number of carbonyl (C=O) groups is 2. The third-order valence-electron chi connectivity index (χ3n) is 8.33. The molecule has 0 spiro atoms. The zero-order chi connectivity index (χ0) is 26.7. The summed E-state index contributed by atoms with van der Waals surface area (Å²) in [7, 11) is -3.69. The number of rotatable bonds is 11. The number of carbonyl (C=O) groups excluding carboxylic acids is 2. The maximum Gasteiger partial charge on any atom is 0.338 e. The summed E-state index contributed by atoms with van der Waals surface area (Å²) >= 11 is 5.97. The predicted octanol–water partition coefficient (Wildman–Crippen LogP) is 6.90. The Balaban J connectivity index is 2.55. The summed E-state index contributed by atoms with van der Waals surface area (Å²) < 4.78 is 13.1. The van der Waals surface area contributed by atoms with Crippen molar-refractivity contribution in [1.82, 2.24) is 5.32 Å². The highest BCUT2D eigenvalue weighted by atomic mass is 35.5. The van der Waals surface area contributed by atoms with Crippen molar-refractivity contribution in [2.75, 3.05) is 12.5 Å². The molecule has 1 saturated carbocycles. The first kappa shape index (κ1) is 30.6. The molecule has 1 aliphatic heterocycles. The van der Waals surface area contributed by atoms with Crippen LogP contribution in [0, 0.1) is 11.8 Å². The van der Waals surface area contributed by atoms with Crippen LogP contribution in [0.2, 0.25) is 43.8 Å². The molecule has 0 radical (unpaired) electrons. The molecule has 3 atom stereocenters. The topological polar surface area (TPSA) is 64.6 Å². The predicted molar refractivity (Wildman–Crippen MR) is 151 cm³/mol. The summed E-state index contributed by atoms with van der Waals surface area (Å²) in [6, 6.07) is 0.877. The zero-order valence-corrected chi connectivity index (χ0v) is 26.3. The number of hydrogen-bond acceptors (Lipinski definition) is 4. The maximum atomic E-state index is 14.1. The lowest BCUT2D eigenvalue weighted by Crippen LogP contribution is -2.65. The minimum atomic E-state index is -2.29. The first-order valence-electron chi connectivity index (χ1n) is 13.5. The Bertz CT molecular complexity index is 768. The number of halogens is 1. The molecule has 1 saturated heterocycles. The second-order valence-electron chi connectivity index (χ2n) is 13.3. The molecular formula is C27H50ClNO4Si2. The van der Waals surface area contributed by atoms with Crippen LogP contribution in [0.4, 0.5) is 0 Å². The van der Waals surface area contributed by atoms with Crippen molar-refractivity contribution >= 4 is 39.9 Å². The molecule has 0 bridgehead atoms. The van der Waals surface area contributed by atoms with Gasteiger partial charge in [0.25, 0.3) is 0 Å². The number of hydrogen-bond donors (Lipinski definition) is 1. The van der Waals surface area contributed by atoms with Crippen LogP contribution in [0.5, 0.6) is 0 Å². The van der Waals surface area contributed by atoms with E-state index in [-0.39, 0.29) is 16.9 Å². The van der Waals surface area contributed by atoms with Gasteiger partial charge in [-0.05, 0) is 61.4 Å². The lowest BCUT2D eigenvalue weighted by Gasteiger charge is -2.48. The Labute approximate surface area is 221 Å². The Hall–Kier alpha value is -0.636. The summed E-state index contributed by atoms with van der Waals surface area (Å²) in [4.78, 5) is 27.4. The van der Waals surface area contributed by atoms with Crippen molar-refractivity contribution in [2.45, 2.75) is 121 Å². The van der Waals surface area contributed by atoms with Gasteiger partial charge in [0.05, 0.1) is 18.6 Å². The zero-order valence-electron chi connectivity index (χ0n) is 23.5. The fourth-order valence-electron chi connectivity index (χ4n) is 4.97. The van der Waals surface area contributed by atoms with Crippen LogP contribution in [0.15, 0.2) is 12.2 Å². The number of alkyl halides is 1. The Morgan fingerprint density at radius 1 is 1.17 bits per heavy atom. The van der Waals surface area contributed by atoms with Gasteiger partial charge in [-0.2, -0.15) is 0 Å². The van der Waals surface area contributed by atoms with Gasteiger partial charge in [0.15, 0.2) is 13.9 Å². The van der Waals surface area contributed by atoms with Gasteiger partial charge in [0.1, 0.15) is 0 Å². The van der Waals surface area contributed by atoms with Gasteiger partial charge in [0, 0.05) is 14.0 Å². The number of amides is 1. The van der Waals surface area contributed by atoms with Crippen molar-refractivity contribution in [2.24, 2.45) is 11.8 Å². The smallest absolute Gasteiger partial charge is 0.338 e. The van der Waals surface area contributed by atoms with E-state index in [0.717, 1.165) is 31.7 Å². The van der Waals surface area contributed by atoms with E-state index in [1.165, 1.54) is 6.42 Å². The van der Waals surface area contributed by atoms with Crippen LogP contribution >= 0.6 is 11.6 Å². The Kier molecular flexibility index (Phi) is 10.3. The highest BCUT2D eigenvalue weighted by Gasteiger charge is 2.62. The minimum Gasteiger partial charge on any atom is -0.464 e. The van der Waals surface area contributed by atoms with E-state index in [1.54, 1.807) is 0 Å². The third-order valence-corrected chi connectivity index (χ3v) is 14.8. The largest absolute Gasteiger partial charge is 0.464 e. The number of nitrogens with one attached hydrogen (secondary N) is 1. The van der Waals surface area contributed by atoms with Gasteiger partial charge in [-0.25, -0.2) is 4.79 Å². The van der Waals surface area contributed by atoms with E-state index >= 15 is 0 Å². The van der Waals surface area contributed by atoms with Crippen molar-refractivity contribution < 1.29 is 18.8 Å². The molecular weight excluding hydrogens is 494 g/mol. The summed E-state index contributed by atoms with van der Waals surface area (Å²) in [5, 5.41) is 3.11.